The molecule has 0 aliphatic rings. The van der Waals surface area contributed by atoms with Gasteiger partial charge in [0.05, 0.1) is 22.4 Å². The third kappa shape index (κ3) is 2.82. The van der Waals surface area contributed by atoms with Gasteiger partial charge < -0.3 is 10.2 Å². The number of nitrogens with one attached hydrogen (secondary N) is 1. The molecule has 108 valence electrons. The molecule has 0 aliphatic heterocycles. The Labute approximate surface area is 134 Å². The van der Waals surface area contributed by atoms with Crippen LogP contribution in [-0.4, -0.2) is 37.8 Å². The Kier molecular flexibility index (Phi) is 3.75. The summed E-state index contributed by atoms with van der Waals surface area (Å²) < 4.78 is 8.39. The van der Waals surface area contributed by atoms with E-state index < -0.39 is 0 Å². The van der Waals surface area contributed by atoms with Gasteiger partial charge in [-0.15, -0.1) is 0 Å². The first-order valence-electron chi connectivity index (χ1n) is 5.81. The summed E-state index contributed by atoms with van der Waals surface area (Å²) in [6.07, 6.45) is 0. The highest BCUT2D eigenvalue weighted by Gasteiger charge is 2.13. The fourth-order valence-corrected chi connectivity index (χ4v) is 2.55. The zero-order valence-corrected chi connectivity index (χ0v) is 13.3. The standard InChI is InChI=1S/C11H9Cl2N7S/c1-20(2)11-16-9(13)15-10(17-11)14-7-5(12)3-4-6-8(7)19-21-18-6/h3-4H,1-2H3,(H,14,15,16,17). The highest BCUT2D eigenvalue weighted by molar-refractivity contribution is 7.00. The van der Waals surface area contributed by atoms with Crippen LogP contribution >= 0.6 is 34.9 Å². The maximum Gasteiger partial charge on any atom is 0.233 e. The molecular formula is C11H9Cl2N7S. The van der Waals surface area contributed by atoms with Crippen molar-refractivity contribution in [2.75, 3.05) is 24.3 Å². The minimum atomic E-state index is 0.0934. The number of benzene rings is 1. The lowest BCUT2D eigenvalue weighted by atomic mass is 10.2. The van der Waals surface area contributed by atoms with Crippen molar-refractivity contribution in [1.29, 1.82) is 0 Å². The van der Waals surface area contributed by atoms with E-state index in [4.69, 9.17) is 23.2 Å². The van der Waals surface area contributed by atoms with Crippen LogP contribution in [0.25, 0.3) is 11.0 Å². The fourth-order valence-electron chi connectivity index (χ4n) is 1.65. The van der Waals surface area contributed by atoms with Gasteiger partial charge in [0.15, 0.2) is 0 Å². The lowest BCUT2D eigenvalue weighted by Crippen LogP contribution is -2.14. The zero-order chi connectivity index (χ0) is 15.0. The number of hydrogen-bond donors (Lipinski definition) is 1. The molecular weight excluding hydrogens is 333 g/mol. The number of aromatic nitrogens is 5. The molecule has 0 saturated heterocycles. The van der Waals surface area contributed by atoms with Crippen LogP contribution < -0.4 is 10.2 Å². The summed E-state index contributed by atoms with van der Waals surface area (Å²) in [5, 5.41) is 3.63. The van der Waals surface area contributed by atoms with E-state index in [2.05, 4.69) is 29.0 Å². The minimum Gasteiger partial charge on any atom is -0.347 e. The second kappa shape index (κ2) is 5.55. The predicted molar refractivity (Wildman–Crippen MR) is 84.9 cm³/mol. The van der Waals surface area contributed by atoms with Gasteiger partial charge in [-0.2, -0.15) is 23.7 Å². The van der Waals surface area contributed by atoms with E-state index in [1.807, 2.05) is 14.1 Å². The summed E-state index contributed by atoms with van der Waals surface area (Å²) in [4.78, 5) is 14.1. The van der Waals surface area contributed by atoms with Crippen molar-refractivity contribution in [3.63, 3.8) is 0 Å². The molecule has 2 heterocycles. The third-order valence-electron chi connectivity index (χ3n) is 2.61. The molecule has 0 radical (unpaired) electrons. The van der Waals surface area contributed by atoms with Crippen molar-refractivity contribution < 1.29 is 0 Å². The van der Waals surface area contributed by atoms with Crippen LogP contribution in [0.3, 0.4) is 0 Å². The monoisotopic (exact) mass is 341 g/mol. The van der Waals surface area contributed by atoms with Crippen LogP contribution in [0.4, 0.5) is 17.6 Å². The second-order valence-electron chi connectivity index (χ2n) is 4.30. The number of fused-ring (bicyclic) bond motifs is 1. The van der Waals surface area contributed by atoms with Gasteiger partial charge in [0.2, 0.25) is 17.2 Å². The van der Waals surface area contributed by atoms with Crippen molar-refractivity contribution in [1.82, 2.24) is 23.7 Å². The van der Waals surface area contributed by atoms with Crippen LogP contribution in [0.5, 0.6) is 0 Å². The molecule has 21 heavy (non-hydrogen) atoms. The van der Waals surface area contributed by atoms with Crippen molar-refractivity contribution in [2.45, 2.75) is 0 Å². The van der Waals surface area contributed by atoms with Crippen molar-refractivity contribution in [3.8, 4) is 0 Å². The number of anilines is 3. The molecule has 1 N–H and O–H groups in total. The summed E-state index contributed by atoms with van der Waals surface area (Å²) >= 11 is 13.2. The van der Waals surface area contributed by atoms with Crippen LogP contribution in [0, 0.1) is 0 Å². The van der Waals surface area contributed by atoms with E-state index in [9.17, 15) is 0 Å². The van der Waals surface area contributed by atoms with Crippen LogP contribution in [0.15, 0.2) is 12.1 Å². The fraction of sp³-hybridized carbons (Fsp3) is 0.182. The van der Waals surface area contributed by atoms with Crippen LogP contribution in [0.1, 0.15) is 0 Å². The molecule has 0 fully saturated rings. The van der Waals surface area contributed by atoms with E-state index in [-0.39, 0.29) is 5.28 Å². The Balaban J connectivity index is 2.06. The quantitative estimate of drug-likeness (QED) is 0.784. The summed E-state index contributed by atoms with van der Waals surface area (Å²) in [6.45, 7) is 0. The first-order chi connectivity index (χ1) is 10.0. The maximum atomic E-state index is 6.21. The maximum absolute atomic E-state index is 6.21. The Hall–Kier alpha value is -1.77. The van der Waals surface area contributed by atoms with Crippen molar-refractivity contribution >= 4 is 63.5 Å². The van der Waals surface area contributed by atoms with Gasteiger partial charge in [-0.25, -0.2) is 0 Å². The number of halogens is 2. The van der Waals surface area contributed by atoms with Crippen LogP contribution in [0.2, 0.25) is 10.3 Å². The topological polar surface area (TPSA) is 79.7 Å². The molecule has 3 aromatic rings. The average molecular weight is 342 g/mol. The second-order valence-corrected chi connectivity index (χ2v) is 5.58. The number of rotatable bonds is 3. The SMILES string of the molecule is CN(C)c1nc(Cl)nc(Nc2c(Cl)ccc3nsnc23)n1. The van der Waals surface area contributed by atoms with E-state index in [1.165, 1.54) is 0 Å². The van der Waals surface area contributed by atoms with Gasteiger partial charge in [0.25, 0.3) is 0 Å². The molecule has 0 saturated carbocycles. The zero-order valence-electron chi connectivity index (χ0n) is 11.0. The summed E-state index contributed by atoms with van der Waals surface area (Å²) in [6, 6.07) is 3.54. The molecule has 0 atom stereocenters. The van der Waals surface area contributed by atoms with Gasteiger partial charge in [-0.05, 0) is 23.7 Å². The van der Waals surface area contributed by atoms with Gasteiger partial charge in [0.1, 0.15) is 11.0 Å². The highest BCUT2D eigenvalue weighted by atomic mass is 35.5. The Morgan fingerprint density at radius 2 is 1.90 bits per heavy atom. The van der Waals surface area contributed by atoms with Gasteiger partial charge in [0, 0.05) is 14.1 Å². The molecule has 7 nitrogen and oxygen atoms in total. The van der Waals surface area contributed by atoms with Gasteiger partial charge in [-0.1, -0.05) is 11.6 Å². The number of nitrogens with zero attached hydrogens (tertiary/aromatic N) is 6. The molecule has 0 amide bonds. The molecule has 0 bridgehead atoms. The van der Waals surface area contributed by atoms with Crippen molar-refractivity contribution in [2.24, 2.45) is 0 Å². The molecule has 2 aromatic heterocycles. The predicted octanol–water partition coefficient (Wildman–Crippen LogP) is 2.99. The molecule has 10 heteroatoms. The lowest BCUT2D eigenvalue weighted by molar-refractivity contribution is 0.961. The summed E-state index contributed by atoms with van der Waals surface area (Å²) in [5.41, 5.74) is 2.00. The third-order valence-corrected chi connectivity index (χ3v) is 3.64. The minimum absolute atomic E-state index is 0.0934. The normalized spacial score (nSPS) is 10.9. The number of hydrogen-bond acceptors (Lipinski definition) is 8. The summed E-state index contributed by atoms with van der Waals surface area (Å²) in [7, 11) is 3.63. The lowest BCUT2D eigenvalue weighted by Gasteiger charge is -2.12. The molecule has 1 aromatic carbocycles. The first-order valence-corrected chi connectivity index (χ1v) is 7.30. The highest BCUT2D eigenvalue weighted by Crippen LogP contribution is 2.31. The molecule has 0 aliphatic carbocycles. The van der Waals surface area contributed by atoms with Crippen molar-refractivity contribution in [3.05, 3.63) is 22.4 Å². The van der Waals surface area contributed by atoms with E-state index in [0.717, 1.165) is 17.2 Å². The van der Waals surface area contributed by atoms with Crippen LogP contribution in [-0.2, 0) is 0 Å². The smallest absolute Gasteiger partial charge is 0.233 e. The Morgan fingerprint density at radius 1 is 1.10 bits per heavy atom. The largest absolute Gasteiger partial charge is 0.347 e. The Bertz CT molecular complexity index is 804. The van der Waals surface area contributed by atoms with Gasteiger partial charge >= 0.3 is 0 Å². The van der Waals surface area contributed by atoms with E-state index in [0.29, 0.717) is 28.1 Å². The van der Waals surface area contributed by atoms with E-state index >= 15 is 0 Å². The Morgan fingerprint density at radius 3 is 2.67 bits per heavy atom. The molecule has 0 spiro atoms. The first kappa shape index (κ1) is 14.2. The molecule has 0 unspecified atom stereocenters. The summed E-state index contributed by atoms with van der Waals surface area (Å²) in [5.74, 6) is 0.735. The molecule has 3 rings (SSSR count). The average Bonchev–Trinajstić information content (AvgIpc) is 2.90. The van der Waals surface area contributed by atoms with E-state index in [1.54, 1.807) is 17.0 Å². The van der Waals surface area contributed by atoms with Gasteiger partial charge in [-0.3, -0.25) is 0 Å².